The summed E-state index contributed by atoms with van der Waals surface area (Å²) in [4.78, 5) is 2.34. The first kappa shape index (κ1) is 12.3. The molecule has 0 bridgehead atoms. The zero-order chi connectivity index (χ0) is 12.1. The predicted octanol–water partition coefficient (Wildman–Crippen LogP) is 1.88. The third kappa shape index (κ3) is 3.16. The molecule has 0 unspecified atom stereocenters. The fraction of sp³-hybridized carbons (Fsp3) is 0.692. The zero-order valence-electron chi connectivity index (χ0n) is 10.6. The topological polar surface area (TPSA) is 55.0 Å². The molecule has 17 heavy (non-hydrogen) atoms. The molecule has 0 radical (unpaired) electrons. The summed E-state index contributed by atoms with van der Waals surface area (Å²) < 4.78 is 0. The van der Waals surface area contributed by atoms with Gasteiger partial charge in [0.2, 0.25) is 0 Å². The summed E-state index contributed by atoms with van der Waals surface area (Å²) in [6, 6.07) is 4.69. The van der Waals surface area contributed by atoms with Gasteiger partial charge in [-0.2, -0.15) is 5.10 Å². The molecule has 1 aromatic heterocycles. The van der Waals surface area contributed by atoms with Gasteiger partial charge >= 0.3 is 0 Å². The van der Waals surface area contributed by atoms with E-state index in [9.17, 15) is 0 Å². The molecule has 1 aromatic rings. The van der Waals surface area contributed by atoms with Crippen molar-refractivity contribution >= 4 is 5.82 Å². The van der Waals surface area contributed by atoms with E-state index in [1.807, 2.05) is 13.0 Å². The Bertz CT molecular complexity index is 330. The second-order valence-electron chi connectivity index (χ2n) is 4.81. The molecule has 1 saturated carbocycles. The van der Waals surface area contributed by atoms with Crippen molar-refractivity contribution in [1.29, 1.82) is 0 Å². The van der Waals surface area contributed by atoms with Crippen LogP contribution >= 0.6 is 0 Å². The van der Waals surface area contributed by atoms with Gasteiger partial charge in [-0.1, -0.05) is 19.3 Å². The van der Waals surface area contributed by atoms with Crippen LogP contribution < -0.4 is 10.6 Å². The van der Waals surface area contributed by atoms with Crippen LogP contribution in [0.25, 0.3) is 0 Å². The highest BCUT2D eigenvalue weighted by atomic mass is 15.3. The van der Waals surface area contributed by atoms with Gasteiger partial charge in [-0.3, -0.25) is 0 Å². The molecule has 1 fully saturated rings. The molecule has 2 rings (SSSR count). The van der Waals surface area contributed by atoms with E-state index in [2.05, 4.69) is 21.2 Å². The average Bonchev–Trinajstić information content (AvgIpc) is 2.38. The summed E-state index contributed by atoms with van der Waals surface area (Å²) in [6.07, 6.45) is 6.54. The normalized spacial score (nSPS) is 17.1. The number of rotatable bonds is 4. The second kappa shape index (κ2) is 5.96. The standard InChI is InChI=1S/C13H22N4/c1-11-7-8-13(16-15-11)17(10-9-14)12-5-3-2-4-6-12/h7-8,12H,2-6,9-10,14H2,1H3. The fourth-order valence-electron chi connectivity index (χ4n) is 2.56. The molecule has 0 atom stereocenters. The minimum Gasteiger partial charge on any atom is -0.351 e. The van der Waals surface area contributed by atoms with Gasteiger partial charge in [-0.05, 0) is 31.9 Å². The SMILES string of the molecule is Cc1ccc(N(CCN)C2CCCCC2)nn1. The Morgan fingerprint density at radius 3 is 2.59 bits per heavy atom. The van der Waals surface area contributed by atoms with Gasteiger partial charge in [0, 0.05) is 19.1 Å². The van der Waals surface area contributed by atoms with Crippen LogP contribution in [-0.2, 0) is 0 Å². The van der Waals surface area contributed by atoms with E-state index in [1.54, 1.807) is 0 Å². The van der Waals surface area contributed by atoms with Gasteiger partial charge < -0.3 is 10.6 Å². The van der Waals surface area contributed by atoms with Crippen LogP contribution in [0.1, 0.15) is 37.8 Å². The van der Waals surface area contributed by atoms with E-state index in [-0.39, 0.29) is 0 Å². The molecule has 1 aliphatic rings. The number of aryl methyl sites for hydroxylation is 1. The van der Waals surface area contributed by atoms with Crippen molar-refractivity contribution in [3.63, 3.8) is 0 Å². The lowest BCUT2D eigenvalue weighted by molar-refractivity contribution is 0.413. The van der Waals surface area contributed by atoms with Gasteiger partial charge in [0.25, 0.3) is 0 Å². The average molecular weight is 234 g/mol. The molecule has 0 aliphatic heterocycles. The summed E-state index contributed by atoms with van der Waals surface area (Å²) in [7, 11) is 0. The Labute approximate surface area is 103 Å². The minimum atomic E-state index is 0.601. The molecule has 94 valence electrons. The molecule has 0 saturated heterocycles. The van der Waals surface area contributed by atoms with Crippen molar-refractivity contribution in [2.75, 3.05) is 18.0 Å². The van der Waals surface area contributed by atoms with Gasteiger partial charge in [-0.25, -0.2) is 0 Å². The quantitative estimate of drug-likeness (QED) is 0.864. The first-order valence-corrected chi connectivity index (χ1v) is 6.58. The Morgan fingerprint density at radius 1 is 1.24 bits per heavy atom. The number of hydrogen-bond donors (Lipinski definition) is 1. The van der Waals surface area contributed by atoms with E-state index in [1.165, 1.54) is 32.1 Å². The summed E-state index contributed by atoms with van der Waals surface area (Å²) in [6.45, 7) is 3.51. The maximum Gasteiger partial charge on any atom is 0.151 e. The molecule has 1 aliphatic carbocycles. The van der Waals surface area contributed by atoms with Crippen LogP contribution in [0.3, 0.4) is 0 Å². The van der Waals surface area contributed by atoms with Crippen molar-refractivity contribution in [1.82, 2.24) is 10.2 Å². The lowest BCUT2D eigenvalue weighted by atomic mass is 9.94. The van der Waals surface area contributed by atoms with Crippen molar-refractivity contribution in [3.8, 4) is 0 Å². The first-order chi connectivity index (χ1) is 8.31. The summed E-state index contributed by atoms with van der Waals surface area (Å²) in [5.74, 6) is 0.980. The molecule has 4 heteroatoms. The van der Waals surface area contributed by atoms with Crippen molar-refractivity contribution in [3.05, 3.63) is 17.8 Å². The third-order valence-corrected chi connectivity index (χ3v) is 3.46. The molecule has 0 spiro atoms. The van der Waals surface area contributed by atoms with Crippen molar-refractivity contribution < 1.29 is 0 Å². The highest BCUT2D eigenvalue weighted by Gasteiger charge is 2.21. The summed E-state index contributed by atoms with van der Waals surface area (Å²) in [5, 5.41) is 8.44. The molecule has 0 amide bonds. The first-order valence-electron chi connectivity index (χ1n) is 6.58. The maximum absolute atomic E-state index is 5.71. The molecule has 0 aromatic carbocycles. The van der Waals surface area contributed by atoms with E-state index in [0.29, 0.717) is 12.6 Å². The van der Waals surface area contributed by atoms with Crippen LogP contribution in [0.5, 0.6) is 0 Å². The Kier molecular flexibility index (Phi) is 4.31. The molecule has 1 heterocycles. The Hall–Kier alpha value is -1.16. The van der Waals surface area contributed by atoms with Crippen molar-refractivity contribution in [2.24, 2.45) is 5.73 Å². The lowest BCUT2D eigenvalue weighted by Gasteiger charge is -2.34. The zero-order valence-corrected chi connectivity index (χ0v) is 10.6. The second-order valence-corrected chi connectivity index (χ2v) is 4.81. The van der Waals surface area contributed by atoms with Crippen LogP contribution in [0.4, 0.5) is 5.82 Å². The summed E-state index contributed by atoms with van der Waals surface area (Å²) >= 11 is 0. The monoisotopic (exact) mass is 234 g/mol. The number of nitrogens with two attached hydrogens (primary N) is 1. The molecular formula is C13H22N4. The maximum atomic E-state index is 5.71. The number of anilines is 1. The molecule has 2 N–H and O–H groups in total. The molecular weight excluding hydrogens is 212 g/mol. The van der Waals surface area contributed by atoms with Gasteiger partial charge in [-0.15, -0.1) is 5.10 Å². The van der Waals surface area contributed by atoms with E-state index < -0.39 is 0 Å². The van der Waals surface area contributed by atoms with Crippen LogP contribution in [0.15, 0.2) is 12.1 Å². The third-order valence-electron chi connectivity index (χ3n) is 3.46. The highest BCUT2D eigenvalue weighted by molar-refractivity contribution is 5.38. The molecule has 4 nitrogen and oxygen atoms in total. The highest BCUT2D eigenvalue weighted by Crippen LogP contribution is 2.25. The van der Waals surface area contributed by atoms with E-state index >= 15 is 0 Å². The minimum absolute atomic E-state index is 0.601. The Balaban J connectivity index is 2.12. The van der Waals surface area contributed by atoms with Gasteiger partial charge in [0.05, 0.1) is 5.69 Å². The predicted molar refractivity (Wildman–Crippen MR) is 70.0 cm³/mol. The summed E-state index contributed by atoms with van der Waals surface area (Å²) in [5.41, 5.74) is 6.68. The van der Waals surface area contributed by atoms with Gasteiger partial charge in [0.15, 0.2) is 5.82 Å². The number of nitrogens with zero attached hydrogens (tertiary/aromatic N) is 3. The largest absolute Gasteiger partial charge is 0.351 e. The number of hydrogen-bond acceptors (Lipinski definition) is 4. The fourth-order valence-corrected chi connectivity index (χ4v) is 2.56. The Morgan fingerprint density at radius 2 is 2.00 bits per heavy atom. The number of aromatic nitrogens is 2. The van der Waals surface area contributed by atoms with Crippen LogP contribution in [0.2, 0.25) is 0 Å². The smallest absolute Gasteiger partial charge is 0.151 e. The van der Waals surface area contributed by atoms with Gasteiger partial charge in [0.1, 0.15) is 0 Å². The van der Waals surface area contributed by atoms with Crippen LogP contribution in [0, 0.1) is 6.92 Å². The van der Waals surface area contributed by atoms with Crippen LogP contribution in [-0.4, -0.2) is 29.3 Å². The van der Waals surface area contributed by atoms with E-state index in [4.69, 9.17) is 5.73 Å². The van der Waals surface area contributed by atoms with Crippen molar-refractivity contribution in [2.45, 2.75) is 45.1 Å². The van der Waals surface area contributed by atoms with E-state index in [0.717, 1.165) is 18.1 Å². The lowest BCUT2D eigenvalue weighted by Crippen LogP contribution is -2.40.